The molecule has 0 aliphatic carbocycles. The number of nitrogens with zero attached hydrogens (tertiary/aromatic N) is 2. The minimum atomic E-state index is -1.25. The highest BCUT2D eigenvalue weighted by Crippen LogP contribution is 2.64. The van der Waals surface area contributed by atoms with Crippen LogP contribution in [0.2, 0.25) is 5.02 Å². The highest BCUT2D eigenvalue weighted by molar-refractivity contribution is 6.34. The highest BCUT2D eigenvalue weighted by atomic mass is 35.5. The van der Waals surface area contributed by atoms with Crippen molar-refractivity contribution in [3.63, 3.8) is 0 Å². The van der Waals surface area contributed by atoms with Crippen molar-refractivity contribution in [1.82, 2.24) is 4.90 Å². The summed E-state index contributed by atoms with van der Waals surface area (Å²) in [4.78, 5) is 45.7. The molecule has 8 nitrogen and oxygen atoms in total. The molecule has 40 heavy (non-hydrogen) atoms. The van der Waals surface area contributed by atoms with E-state index in [9.17, 15) is 19.5 Å². The number of hydrogen-bond donors (Lipinski definition) is 1. The zero-order chi connectivity index (χ0) is 29.4. The maximum Gasteiger partial charge on any atom is 0.312 e. The topological polar surface area (TPSA) is 96.4 Å². The third-order valence-corrected chi connectivity index (χ3v) is 8.96. The number of carbonyl (C=O) groups excluding carboxylic acids is 3. The third-order valence-electron chi connectivity index (χ3n) is 8.65. The van der Waals surface area contributed by atoms with Crippen LogP contribution >= 0.6 is 11.6 Å². The van der Waals surface area contributed by atoms with Gasteiger partial charge in [0.25, 0.3) is 5.91 Å². The molecule has 1 N–H and O–H groups in total. The van der Waals surface area contributed by atoms with Crippen molar-refractivity contribution in [2.75, 3.05) is 24.7 Å². The molecule has 4 rings (SSSR count). The SMILES string of the molecule is C=CCCOC(=O)[C@@H]1[C@H]2C(=O)N([C@@H](CO)CC(C)C)C(C(=O)N(CC=C)c3c(C)cccc3Cl)C23CC[C@@]1(C)O3. The number of anilines is 1. The molecule has 3 saturated heterocycles. The summed E-state index contributed by atoms with van der Waals surface area (Å²) in [6, 6.07) is 3.70. The standard InChI is InChI=1S/C31H41ClN2O6/c1-7-9-16-39-29(38)24-23-27(36)34(21(18-35)17-19(3)4)26(31(23)14-13-30(24,6)40-31)28(37)33(15-8-2)25-20(5)11-10-12-22(25)32/h7-8,10-12,19,21,23-24,26,35H,1-2,9,13-18H2,3-6H3/t21-,23+,24+,26?,30-,31?/m1/s1. The number of aliphatic hydroxyl groups is 1. The van der Waals surface area contributed by atoms with Crippen molar-refractivity contribution in [3.8, 4) is 0 Å². The fourth-order valence-electron chi connectivity index (χ4n) is 7.08. The van der Waals surface area contributed by atoms with Gasteiger partial charge >= 0.3 is 5.97 Å². The molecule has 2 amide bonds. The Bertz CT molecular complexity index is 1170. The lowest BCUT2D eigenvalue weighted by Gasteiger charge is -2.40. The van der Waals surface area contributed by atoms with Gasteiger partial charge in [0.1, 0.15) is 17.6 Å². The van der Waals surface area contributed by atoms with Gasteiger partial charge in [0, 0.05) is 6.54 Å². The summed E-state index contributed by atoms with van der Waals surface area (Å²) in [7, 11) is 0. The number of halogens is 1. The first-order chi connectivity index (χ1) is 19.0. The van der Waals surface area contributed by atoms with Gasteiger partial charge in [0.15, 0.2) is 0 Å². The molecule has 1 aromatic carbocycles. The van der Waals surface area contributed by atoms with Crippen LogP contribution in [-0.2, 0) is 23.9 Å². The number of ether oxygens (including phenoxy) is 2. The summed E-state index contributed by atoms with van der Waals surface area (Å²) < 4.78 is 12.3. The van der Waals surface area contributed by atoms with Crippen LogP contribution in [0.15, 0.2) is 43.5 Å². The van der Waals surface area contributed by atoms with E-state index in [1.165, 1.54) is 4.90 Å². The average Bonchev–Trinajstić information content (AvgIpc) is 3.47. The maximum atomic E-state index is 14.8. The second-order valence-corrected chi connectivity index (χ2v) is 12.2. The van der Waals surface area contributed by atoms with Gasteiger partial charge in [-0.3, -0.25) is 14.4 Å². The van der Waals surface area contributed by atoms with Gasteiger partial charge in [0.05, 0.1) is 41.5 Å². The predicted molar refractivity (Wildman–Crippen MR) is 154 cm³/mol. The molecule has 0 saturated carbocycles. The lowest BCUT2D eigenvalue weighted by atomic mass is 9.66. The molecule has 218 valence electrons. The molecule has 2 bridgehead atoms. The predicted octanol–water partition coefficient (Wildman–Crippen LogP) is 4.46. The first kappa shape index (κ1) is 30.3. The largest absolute Gasteiger partial charge is 0.465 e. The van der Waals surface area contributed by atoms with E-state index < -0.39 is 41.1 Å². The molecule has 6 atom stereocenters. The van der Waals surface area contributed by atoms with Crippen molar-refractivity contribution in [2.45, 2.75) is 76.7 Å². The summed E-state index contributed by atoms with van der Waals surface area (Å²) in [6.07, 6.45) is 5.16. The zero-order valence-electron chi connectivity index (χ0n) is 23.9. The summed E-state index contributed by atoms with van der Waals surface area (Å²) >= 11 is 6.62. The molecule has 1 aromatic rings. The van der Waals surface area contributed by atoms with Gasteiger partial charge in [-0.05, 0) is 57.1 Å². The Labute approximate surface area is 241 Å². The third kappa shape index (κ3) is 4.88. The Hall–Kier alpha value is -2.68. The number of para-hydroxylation sites is 1. The number of benzene rings is 1. The number of aliphatic hydroxyl groups excluding tert-OH is 1. The summed E-state index contributed by atoms with van der Waals surface area (Å²) in [5, 5.41) is 10.9. The first-order valence-corrected chi connectivity index (χ1v) is 14.4. The summed E-state index contributed by atoms with van der Waals surface area (Å²) in [5.41, 5.74) is -0.873. The van der Waals surface area contributed by atoms with E-state index in [1.54, 1.807) is 23.1 Å². The molecule has 3 heterocycles. The van der Waals surface area contributed by atoms with Gasteiger partial charge in [0.2, 0.25) is 5.91 Å². The van der Waals surface area contributed by atoms with Crippen molar-refractivity contribution in [1.29, 1.82) is 0 Å². The number of likely N-dealkylation sites (tertiary alicyclic amines) is 1. The van der Waals surface area contributed by atoms with Crippen LogP contribution in [0, 0.1) is 24.7 Å². The Kier molecular flexibility index (Phi) is 8.83. The molecule has 2 unspecified atom stereocenters. The van der Waals surface area contributed by atoms with Crippen LogP contribution in [0.5, 0.6) is 0 Å². The quantitative estimate of drug-likeness (QED) is 0.226. The Morgan fingerprint density at radius 3 is 2.62 bits per heavy atom. The first-order valence-electron chi connectivity index (χ1n) is 14.1. The van der Waals surface area contributed by atoms with Crippen LogP contribution in [0.1, 0.15) is 52.0 Å². The molecular formula is C31H41ClN2O6. The van der Waals surface area contributed by atoms with Gasteiger partial charge < -0.3 is 24.4 Å². The second-order valence-electron chi connectivity index (χ2n) is 11.8. The second kappa shape index (κ2) is 11.7. The average molecular weight is 573 g/mol. The van der Waals surface area contributed by atoms with Gasteiger partial charge in [-0.15, -0.1) is 13.2 Å². The molecule has 3 aliphatic heterocycles. The minimum Gasteiger partial charge on any atom is -0.465 e. The van der Waals surface area contributed by atoms with E-state index in [2.05, 4.69) is 13.2 Å². The molecule has 9 heteroatoms. The molecule has 3 aliphatic rings. The van der Waals surface area contributed by atoms with E-state index in [0.717, 1.165) is 5.56 Å². The molecule has 1 spiro atoms. The summed E-state index contributed by atoms with van der Waals surface area (Å²) in [5.74, 6) is -2.88. The zero-order valence-corrected chi connectivity index (χ0v) is 24.7. The fourth-order valence-corrected chi connectivity index (χ4v) is 7.40. The minimum absolute atomic E-state index is 0.142. The lowest BCUT2D eigenvalue weighted by molar-refractivity contribution is -0.160. The van der Waals surface area contributed by atoms with Crippen molar-refractivity contribution in [2.24, 2.45) is 17.8 Å². The Morgan fingerprint density at radius 1 is 1.30 bits per heavy atom. The monoisotopic (exact) mass is 572 g/mol. The van der Waals surface area contributed by atoms with E-state index in [4.69, 9.17) is 21.1 Å². The molecule has 0 aromatic heterocycles. The number of amides is 2. The number of rotatable bonds is 12. The van der Waals surface area contributed by atoms with E-state index in [1.807, 2.05) is 39.8 Å². The van der Waals surface area contributed by atoms with Crippen LogP contribution < -0.4 is 4.90 Å². The lowest BCUT2D eigenvalue weighted by Crippen LogP contribution is -2.59. The molecule has 0 radical (unpaired) electrons. The van der Waals surface area contributed by atoms with Crippen molar-refractivity contribution < 1.29 is 29.0 Å². The van der Waals surface area contributed by atoms with Gasteiger partial charge in [-0.2, -0.15) is 0 Å². The van der Waals surface area contributed by atoms with Gasteiger partial charge in [-0.1, -0.05) is 49.7 Å². The Morgan fingerprint density at radius 2 is 2.02 bits per heavy atom. The van der Waals surface area contributed by atoms with Crippen molar-refractivity contribution >= 4 is 35.1 Å². The summed E-state index contributed by atoms with van der Waals surface area (Å²) in [6.45, 7) is 15.2. The van der Waals surface area contributed by atoms with E-state index in [0.29, 0.717) is 36.4 Å². The van der Waals surface area contributed by atoms with Crippen LogP contribution in [0.25, 0.3) is 0 Å². The van der Waals surface area contributed by atoms with E-state index >= 15 is 0 Å². The van der Waals surface area contributed by atoms with Crippen molar-refractivity contribution in [3.05, 3.63) is 54.1 Å². The molecule has 3 fully saturated rings. The number of fused-ring (bicyclic) bond motifs is 1. The smallest absolute Gasteiger partial charge is 0.312 e. The number of aryl methyl sites for hydroxylation is 1. The Balaban J connectivity index is 1.85. The van der Waals surface area contributed by atoms with Gasteiger partial charge in [-0.25, -0.2) is 0 Å². The van der Waals surface area contributed by atoms with Crippen LogP contribution in [0.4, 0.5) is 5.69 Å². The number of carbonyl (C=O) groups is 3. The fraction of sp³-hybridized carbons (Fsp3) is 0.581. The normalized spacial score (nSPS) is 29.4. The van der Waals surface area contributed by atoms with Crippen LogP contribution in [0.3, 0.4) is 0 Å². The van der Waals surface area contributed by atoms with Crippen LogP contribution in [-0.4, -0.2) is 70.8 Å². The molecular weight excluding hydrogens is 532 g/mol. The maximum absolute atomic E-state index is 14.8. The highest BCUT2D eigenvalue weighted by Gasteiger charge is 2.79. The van der Waals surface area contributed by atoms with E-state index in [-0.39, 0.29) is 37.5 Å². The number of esters is 1. The number of hydrogen-bond acceptors (Lipinski definition) is 6.